The fourth-order valence-corrected chi connectivity index (χ4v) is 2.52. The lowest BCUT2D eigenvalue weighted by atomic mass is 9.99. The van der Waals surface area contributed by atoms with Gasteiger partial charge in [-0.2, -0.15) is 0 Å². The molecule has 3 heteroatoms. The van der Waals surface area contributed by atoms with E-state index in [1.807, 2.05) is 30.3 Å². The van der Waals surface area contributed by atoms with Gasteiger partial charge in [0.25, 0.3) is 0 Å². The van der Waals surface area contributed by atoms with Crippen LogP contribution in [-0.4, -0.2) is 11.1 Å². The SMILES string of the molecule is Nc1ccccc1CCCCCc1ccccc1C(=O)O. The molecule has 0 aromatic heterocycles. The van der Waals surface area contributed by atoms with Crippen LogP contribution in [0.15, 0.2) is 48.5 Å². The molecule has 0 radical (unpaired) electrons. The van der Waals surface area contributed by atoms with E-state index >= 15 is 0 Å². The Morgan fingerprint density at radius 2 is 1.43 bits per heavy atom. The molecule has 2 aromatic rings. The van der Waals surface area contributed by atoms with Gasteiger partial charge in [0.05, 0.1) is 5.56 Å². The molecule has 0 saturated carbocycles. The molecule has 0 spiro atoms. The molecule has 0 saturated heterocycles. The molecule has 0 atom stereocenters. The molecule has 3 nitrogen and oxygen atoms in total. The second-order valence-corrected chi connectivity index (χ2v) is 5.22. The van der Waals surface area contributed by atoms with Crippen molar-refractivity contribution >= 4 is 11.7 Å². The van der Waals surface area contributed by atoms with E-state index < -0.39 is 5.97 Å². The quantitative estimate of drug-likeness (QED) is 0.598. The van der Waals surface area contributed by atoms with Crippen LogP contribution in [0, 0.1) is 0 Å². The third-order valence-electron chi connectivity index (χ3n) is 3.70. The molecule has 3 N–H and O–H groups in total. The zero-order chi connectivity index (χ0) is 15.1. The van der Waals surface area contributed by atoms with Crippen molar-refractivity contribution in [2.75, 3.05) is 5.73 Å². The van der Waals surface area contributed by atoms with E-state index in [2.05, 4.69) is 6.07 Å². The molecular formula is C18H21NO2. The highest BCUT2D eigenvalue weighted by Crippen LogP contribution is 2.16. The number of para-hydroxylation sites is 1. The van der Waals surface area contributed by atoms with Crippen LogP contribution in [0.4, 0.5) is 5.69 Å². The number of benzene rings is 2. The van der Waals surface area contributed by atoms with Gasteiger partial charge in [0.2, 0.25) is 0 Å². The van der Waals surface area contributed by atoms with Crippen molar-refractivity contribution in [1.82, 2.24) is 0 Å². The Labute approximate surface area is 125 Å². The average Bonchev–Trinajstić information content (AvgIpc) is 2.49. The van der Waals surface area contributed by atoms with Gasteiger partial charge in [-0.05, 0) is 48.9 Å². The van der Waals surface area contributed by atoms with Gasteiger partial charge in [-0.3, -0.25) is 0 Å². The summed E-state index contributed by atoms with van der Waals surface area (Å²) in [6.07, 6.45) is 4.93. The lowest BCUT2D eigenvalue weighted by Gasteiger charge is -2.07. The van der Waals surface area contributed by atoms with E-state index in [-0.39, 0.29) is 0 Å². The third-order valence-corrected chi connectivity index (χ3v) is 3.70. The van der Waals surface area contributed by atoms with E-state index in [0.29, 0.717) is 5.56 Å². The number of anilines is 1. The van der Waals surface area contributed by atoms with Crippen LogP contribution in [0.3, 0.4) is 0 Å². The highest BCUT2D eigenvalue weighted by atomic mass is 16.4. The maximum atomic E-state index is 11.1. The molecule has 0 unspecified atom stereocenters. The summed E-state index contributed by atoms with van der Waals surface area (Å²) in [5, 5.41) is 9.13. The van der Waals surface area contributed by atoms with Crippen molar-refractivity contribution in [3.05, 3.63) is 65.2 Å². The molecule has 2 aromatic carbocycles. The minimum Gasteiger partial charge on any atom is -0.478 e. The van der Waals surface area contributed by atoms with Gasteiger partial charge in [-0.25, -0.2) is 4.79 Å². The number of carboxylic acids is 1. The molecule has 0 heterocycles. The van der Waals surface area contributed by atoms with Crippen LogP contribution in [0.2, 0.25) is 0 Å². The minimum absolute atomic E-state index is 0.421. The van der Waals surface area contributed by atoms with Crippen LogP contribution in [0.5, 0.6) is 0 Å². The van der Waals surface area contributed by atoms with Crippen LogP contribution < -0.4 is 5.73 Å². The number of hydrogen-bond donors (Lipinski definition) is 2. The zero-order valence-corrected chi connectivity index (χ0v) is 12.1. The summed E-state index contributed by atoms with van der Waals surface area (Å²) in [4.78, 5) is 11.1. The van der Waals surface area contributed by atoms with Gasteiger partial charge in [0.1, 0.15) is 0 Å². The predicted molar refractivity (Wildman–Crippen MR) is 85.5 cm³/mol. The number of nitrogens with two attached hydrogens (primary N) is 1. The maximum Gasteiger partial charge on any atom is 0.335 e. The second kappa shape index (κ2) is 7.48. The van der Waals surface area contributed by atoms with Crippen molar-refractivity contribution in [3.63, 3.8) is 0 Å². The number of carbonyl (C=O) groups is 1. The van der Waals surface area contributed by atoms with Crippen LogP contribution in [0.1, 0.15) is 40.7 Å². The highest BCUT2D eigenvalue weighted by Gasteiger charge is 2.08. The molecule has 21 heavy (non-hydrogen) atoms. The first-order valence-corrected chi connectivity index (χ1v) is 7.33. The van der Waals surface area contributed by atoms with E-state index in [1.165, 1.54) is 5.56 Å². The van der Waals surface area contributed by atoms with Crippen molar-refractivity contribution in [1.29, 1.82) is 0 Å². The monoisotopic (exact) mass is 283 g/mol. The summed E-state index contributed by atoms with van der Waals surface area (Å²) in [6, 6.07) is 15.2. The van der Waals surface area contributed by atoms with Gasteiger partial charge in [0, 0.05) is 5.69 Å². The molecule has 0 amide bonds. The number of nitrogen functional groups attached to an aromatic ring is 1. The molecule has 110 valence electrons. The average molecular weight is 283 g/mol. The van der Waals surface area contributed by atoms with Gasteiger partial charge in [0.15, 0.2) is 0 Å². The lowest BCUT2D eigenvalue weighted by Crippen LogP contribution is -2.02. The fourth-order valence-electron chi connectivity index (χ4n) is 2.52. The number of aromatic carboxylic acids is 1. The van der Waals surface area contributed by atoms with Crippen LogP contribution in [-0.2, 0) is 12.8 Å². The van der Waals surface area contributed by atoms with Crippen molar-refractivity contribution in [2.24, 2.45) is 0 Å². The largest absolute Gasteiger partial charge is 0.478 e. The maximum absolute atomic E-state index is 11.1. The Kier molecular flexibility index (Phi) is 5.38. The third kappa shape index (κ3) is 4.35. The Balaban J connectivity index is 1.78. The molecule has 0 aliphatic rings. The molecule has 0 aliphatic carbocycles. The summed E-state index contributed by atoms with van der Waals surface area (Å²) in [5.74, 6) is -0.845. The number of hydrogen-bond acceptors (Lipinski definition) is 2. The first kappa shape index (κ1) is 15.1. The smallest absolute Gasteiger partial charge is 0.335 e. The minimum atomic E-state index is -0.845. The predicted octanol–water partition coefficient (Wildman–Crippen LogP) is 3.92. The van der Waals surface area contributed by atoms with Crippen LogP contribution >= 0.6 is 0 Å². The number of carboxylic acid groups (broad SMARTS) is 1. The van der Waals surface area contributed by atoms with Crippen LogP contribution in [0.25, 0.3) is 0 Å². The Bertz CT molecular complexity index is 608. The molecular weight excluding hydrogens is 262 g/mol. The molecule has 0 bridgehead atoms. The highest BCUT2D eigenvalue weighted by molar-refractivity contribution is 5.89. The van der Waals surface area contributed by atoms with Gasteiger partial charge < -0.3 is 10.8 Å². The van der Waals surface area contributed by atoms with E-state index in [4.69, 9.17) is 10.8 Å². The van der Waals surface area contributed by atoms with Gasteiger partial charge in [-0.15, -0.1) is 0 Å². The standard InChI is InChI=1S/C18H21NO2/c19-17-13-7-5-11-15(17)10-3-1-2-8-14-9-4-6-12-16(14)18(20)21/h4-7,9,11-13H,1-3,8,10,19H2,(H,20,21). The Morgan fingerprint density at radius 3 is 2.10 bits per heavy atom. The summed E-state index contributed by atoms with van der Waals surface area (Å²) in [6.45, 7) is 0. The summed E-state index contributed by atoms with van der Waals surface area (Å²) >= 11 is 0. The Morgan fingerprint density at radius 1 is 0.857 bits per heavy atom. The number of aryl methyl sites for hydroxylation is 2. The normalized spacial score (nSPS) is 10.5. The summed E-state index contributed by atoms with van der Waals surface area (Å²) < 4.78 is 0. The second-order valence-electron chi connectivity index (χ2n) is 5.22. The Hall–Kier alpha value is -2.29. The zero-order valence-electron chi connectivity index (χ0n) is 12.1. The van der Waals surface area contributed by atoms with E-state index in [9.17, 15) is 4.79 Å². The van der Waals surface area contributed by atoms with Crippen molar-refractivity contribution in [2.45, 2.75) is 32.1 Å². The fraction of sp³-hybridized carbons (Fsp3) is 0.278. The summed E-state index contributed by atoms with van der Waals surface area (Å²) in [5.41, 5.74) is 9.31. The van der Waals surface area contributed by atoms with E-state index in [1.54, 1.807) is 12.1 Å². The van der Waals surface area contributed by atoms with E-state index in [0.717, 1.165) is 43.4 Å². The first-order chi connectivity index (χ1) is 10.2. The molecule has 2 rings (SSSR count). The molecule has 0 aliphatic heterocycles. The number of rotatable bonds is 7. The first-order valence-electron chi connectivity index (χ1n) is 7.33. The van der Waals surface area contributed by atoms with Gasteiger partial charge >= 0.3 is 5.97 Å². The van der Waals surface area contributed by atoms with Crippen molar-refractivity contribution in [3.8, 4) is 0 Å². The summed E-state index contributed by atoms with van der Waals surface area (Å²) in [7, 11) is 0. The number of unbranched alkanes of at least 4 members (excludes halogenated alkanes) is 2. The molecule has 0 fully saturated rings. The topological polar surface area (TPSA) is 63.3 Å². The van der Waals surface area contributed by atoms with Gasteiger partial charge in [-0.1, -0.05) is 42.8 Å². The lowest BCUT2D eigenvalue weighted by molar-refractivity contribution is 0.0695. The van der Waals surface area contributed by atoms with Crippen molar-refractivity contribution < 1.29 is 9.90 Å².